The van der Waals surface area contributed by atoms with E-state index in [1.807, 2.05) is 42.1 Å². The van der Waals surface area contributed by atoms with Crippen LogP contribution in [0.3, 0.4) is 0 Å². The fraction of sp³-hybridized carbons (Fsp3) is 0.231. The van der Waals surface area contributed by atoms with Crippen LogP contribution in [0.25, 0.3) is 0 Å². The van der Waals surface area contributed by atoms with Crippen molar-refractivity contribution in [2.75, 3.05) is 0 Å². The number of aromatic nitrogens is 3. The lowest BCUT2D eigenvalue weighted by atomic mass is 10.2. The van der Waals surface area contributed by atoms with Gasteiger partial charge >= 0.3 is 0 Å². The number of rotatable bonds is 4. The Balaban J connectivity index is 2.03. The van der Waals surface area contributed by atoms with Gasteiger partial charge in [-0.25, -0.2) is 4.68 Å². The third-order valence-corrected chi connectivity index (χ3v) is 2.34. The average Bonchev–Trinajstić information content (AvgIpc) is 2.75. The molecule has 1 aromatic heterocycles. The number of benzene rings is 1. The first-order valence-corrected chi connectivity index (χ1v) is 5.42. The quantitative estimate of drug-likeness (QED) is 0.730. The molecule has 0 aliphatic carbocycles. The van der Waals surface area contributed by atoms with Crippen LogP contribution < -0.4 is 0 Å². The summed E-state index contributed by atoms with van der Waals surface area (Å²) in [4.78, 5) is 0. The summed E-state index contributed by atoms with van der Waals surface area (Å²) in [6.45, 7) is 2.79. The molecule has 0 saturated heterocycles. The molecule has 82 valence electrons. The van der Waals surface area contributed by atoms with Crippen molar-refractivity contribution in [3.63, 3.8) is 0 Å². The third-order valence-electron chi connectivity index (χ3n) is 2.34. The molecular weight excluding hydrogens is 198 g/mol. The van der Waals surface area contributed by atoms with Crippen molar-refractivity contribution in [3.8, 4) is 0 Å². The van der Waals surface area contributed by atoms with E-state index in [0.717, 1.165) is 18.7 Å². The zero-order chi connectivity index (χ0) is 11.2. The van der Waals surface area contributed by atoms with E-state index >= 15 is 0 Å². The summed E-state index contributed by atoms with van der Waals surface area (Å²) in [6, 6.07) is 10.3. The zero-order valence-corrected chi connectivity index (χ0v) is 9.37. The van der Waals surface area contributed by atoms with E-state index in [0.29, 0.717) is 0 Å². The Kier molecular flexibility index (Phi) is 3.49. The molecule has 0 saturated carbocycles. The maximum atomic E-state index is 4.11. The molecule has 16 heavy (non-hydrogen) atoms. The van der Waals surface area contributed by atoms with E-state index in [9.17, 15) is 0 Å². The van der Waals surface area contributed by atoms with Crippen molar-refractivity contribution < 1.29 is 0 Å². The zero-order valence-electron chi connectivity index (χ0n) is 9.37. The first kappa shape index (κ1) is 10.6. The molecule has 0 bridgehead atoms. The smallest absolute Gasteiger partial charge is 0.0864 e. The summed E-state index contributed by atoms with van der Waals surface area (Å²) in [5.74, 6) is 0. The summed E-state index contributed by atoms with van der Waals surface area (Å²) in [6.07, 6.45) is 6.95. The van der Waals surface area contributed by atoms with E-state index in [2.05, 4.69) is 28.5 Å². The van der Waals surface area contributed by atoms with Crippen molar-refractivity contribution in [3.05, 3.63) is 59.9 Å². The molecule has 0 fully saturated rings. The van der Waals surface area contributed by atoms with Gasteiger partial charge in [0.05, 0.1) is 12.2 Å². The fourth-order valence-electron chi connectivity index (χ4n) is 1.52. The summed E-state index contributed by atoms with van der Waals surface area (Å²) in [5.41, 5.74) is 2.25. The molecule has 1 heterocycles. The van der Waals surface area contributed by atoms with Crippen molar-refractivity contribution in [2.45, 2.75) is 19.9 Å². The standard InChI is InChI=1S/C13H15N3/c1-2-3-9-13-11-16(15-14-13)10-12-7-5-4-6-8-12/h2-8,11H,9-10H2,1H3/b3-2+. The van der Waals surface area contributed by atoms with Gasteiger partial charge in [-0.1, -0.05) is 47.7 Å². The minimum absolute atomic E-state index is 0.781. The van der Waals surface area contributed by atoms with Crippen LogP contribution in [0.1, 0.15) is 18.2 Å². The molecule has 0 N–H and O–H groups in total. The van der Waals surface area contributed by atoms with Gasteiger partial charge in [0.2, 0.25) is 0 Å². The SMILES string of the molecule is C/C=C/Cc1cn(Cc2ccccc2)nn1. The maximum absolute atomic E-state index is 4.11. The molecule has 0 aliphatic rings. The second kappa shape index (κ2) is 5.26. The Morgan fingerprint density at radius 1 is 1.25 bits per heavy atom. The van der Waals surface area contributed by atoms with Crippen LogP contribution in [-0.4, -0.2) is 15.0 Å². The van der Waals surface area contributed by atoms with Gasteiger partial charge in [-0.3, -0.25) is 0 Å². The predicted octanol–water partition coefficient (Wildman–Crippen LogP) is 2.45. The Labute approximate surface area is 95.4 Å². The van der Waals surface area contributed by atoms with Gasteiger partial charge in [-0.15, -0.1) is 5.10 Å². The van der Waals surface area contributed by atoms with Gasteiger partial charge < -0.3 is 0 Å². The van der Waals surface area contributed by atoms with Gasteiger partial charge in [0.25, 0.3) is 0 Å². The predicted molar refractivity (Wildman–Crippen MR) is 64.1 cm³/mol. The largest absolute Gasteiger partial charge is 0.248 e. The van der Waals surface area contributed by atoms with Gasteiger partial charge in [-0.05, 0) is 12.5 Å². The average molecular weight is 213 g/mol. The Morgan fingerprint density at radius 3 is 2.81 bits per heavy atom. The Hall–Kier alpha value is -1.90. The number of allylic oxidation sites excluding steroid dienone is 2. The van der Waals surface area contributed by atoms with Crippen LogP contribution in [0.4, 0.5) is 0 Å². The summed E-state index contributed by atoms with van der Waals surface area (Å²) < 4.78 is 1.87. The lowest BCUT2D eigenvalue weighted by Crippen LogP contribution is -1.99. The van der Waals surface area contributed by atoms with E-state index in [-0.39, 0.29) is 0 Å². The van der Waals surface area contributed by atoms with Gasteiger partial charge in [0.1, 0.15) is 0 Å². The van der Waals surface area contributed by atoms with E-state index in [1.165, 1.54) is 5.56 Å². The van der Waals surface area contributed by atoms with Gasteiger partial charge in [0, 0.05) is 12.6 Å². The topological polar surface area (TPSA) is 30.7 Å². The molecule has 3 nitrogen and oxygen atoms in total. The molecule has 0 atom stereocenters. The van der Waals surface area contributed by atoms with Gasteiger partial charge in [-0.2, -0.15) is 0 Å². The van der Waals surface area contributed by atoms with E-state index in [1.54, 1.807) is 0 Å². The molecule has 1 aromatic carbocycles. The minimum Gasteiger partial charge on any atom is -0.248 e. The molecule has 2 aromatic rings. The van der Waals surface area contributed by atoms with Crippen molar-refractivity contribution in [1.82, 2.24) is 15.0 Å². The first-order valence-electron chi connectivity index (χ1n) is 5.42. The molecule has 0 unspecified atom stereocenters. The van der Waals surface area contributed by atoms with Crippen LogP contribution in [0.5, 0.6) is 0 Å². The highest BCUT2D eigenvalue weighted by Gasteiger charge is 1.99. The number of hydrogen-bond acceptors (Lipinski definition) is 2. The number of hydrogen-bond donors (Lipinski definition) is 0. The number of nitrogens with zero attached hydrogens (tertiary/aromatic N) is 3. The van der Waals surface area contributed by atoms with Crippen molar-refractivity contribution in [2.24, 2.45) is 0 Å². The normalized spacial score (nSPS) is 11.1. The lowest BCUT2D eigenvalue weighted by Gasteiger charge is -1.99. The van der Waals surface area contributed by atoms with Crippen LogP contribution in [-0.2, 0) is 13.0 Å². The van der Waals surface area contributed by atoms with Gasteiger partial charge in [0.15, 0.2) is 0 Å². The Morgan fingerprint density at radius 2 is 2.06 bits per heavy atom. The van der Waals surface area contributed by atoms with Crippen molar-refractivity contribution >= 4 is 0 Å². The van der Waals surface area contributed by atoms with E-state index in [4.69, 9.17) is 0 Å². The van der Waals surface area contributed by atoms with Crippen LogP contribution in [0.2, 0.25) is 0 Å². The highest BCUT2D eigenvalue weighted by atomic mass is 15.4. The highest BCUT2D eigenvalue weighted by Crippen LogP contribution is 2.02. The fourth-order valence-corrected chi connectivity index (χ4v) is 1.52. The van der Waals surface area contributed by atoms with Crippen LogP contribution in [0.15, 0.2) is 48.7 Å². The molecule has 0 spiro atoms. The molecule has 0 amide bonds. The van der Waals surface area contributed by atoms with Crippen molar-refractivity contribution in [1.29, 1.82) is 0 Å². The highest BCUT2D eigenvalue weighted by molar-refractivity contribution is 5.15. The lowest BCUT2D eigenvalue weighted by molar-refractivity contribution is 0.649. The molecular formula is C13H15N3. The summed E-state index contributed by atoms with van der Waals surface area (Å²) in [7, 11) is 0. The van der Waals surface area contributed by atoms with Crippen LogP contribution in [0, 0.1) is 0 Å². The maximum Gasteiger partial charge on any atom is 0.0864 e. The molecule has 0 radical (unpaired) electrons. The summed E-state index contributed by atoms with van der Waals surface area (Å²) in [5, 5.41) is 8.21. The minimum atomic E-state index is 0.781. The second-order valence-electron chi connectivity index (χ2n) is 3.67. The first-order chi connectivity index (χ1) is 7.88. The monoisotopic (exact) mass is 213 g/mol. The summed E-state index contributed by atoms with van der Waals surface area (Å²) >= 11 is 0. The molecule has 3 heteroatoms. The molecule has 2 rings (SSSR count). The molecule has 0 aliphatic heterocycles. The third kappa shape index (κ3) is 2.79. The van der Waals surface area contributed by atoms with E-state index < -0.39 is 0 Å². The second-order valence-corrected chi connectivity index (χ2v) is 3.67. The Bertz CT molecular complexity index is 457. The van der Waals surface area contributed by atoms with Crippen LogP contribution >= 0.6 is 0 Å².